The zero-order valence-electron chi connectivity index (χ0n) is 42.5. The summed E-state index contributed by atoms with van der Waals surface area (Å²) in [5.41, 5.74) is 0. The van der Waals surface area contributed by atoms with Crippen LogP contribution in [-0.4, -0.2) is 99.3 Å². The summed E-state index contributed by atoms with van der Waals surface area (Å²) in [6.45, 7) is 1.57. The first kappa shape index (κ1) is 65.3. The van der Waals surface area contributed by atoms with E-state index in [4.69, 9.17) is 23.6 Å². The average Bonchev–Trinajstić information content (AvgIpc) is 3.32. The summed E-state index contributed by atoms with van der Waals surface area (Å²) in [6.07, 6.45) is 41.0. The molecule has 0 aromatic carbocycles. The molecule has 1 unspecified atom stereocenters. The largest absolute Gasteiger partial charge is 0.472 e. The second kappa shape index (κ2) is 48.0. The lowest BCUT2D eigenvalue weighted by Gasteiger charge is -2.26. The summed E-state index contributed by atoms with van der Waals surface area (Å²) in [4.78, 5) is 35.6. The summed E-state index contributed by atoms with van der Waals surface area (Å²) >= 11 is 0. The van der Waals surface area contributed by atoms with Gasteiger partial charge >= 0.3 is 19.8 Å². The molecule has 0 rings (SSSR count). The van der Waals surface area contributed by atoms with Gasteiger partial charge in [-0.3, -0.25) is 18.6 Å². The van der Waals surface area contributed by atoms with Gasteiger partial charge in [0.15, 0.2) is 6.10 Å². The lowest BCUT2D eigenvalue weighted by atomic mass is 10.0. The molecule has 0 fully saturated rings. The molecule has 0 bridgehead atoms. The van der Waals surface area contributed by atoms with Gasteiger partial charge in [0.05, 0.1) is 19.8 Å². The zero-order chi connectivity index (χ0) is 49.5. The van der Waals surface area contributed by atoms with Crippen molar-refractivity contribution in [2.24, 2.45) is 0 Å². The molecule has 0 saturated heterocycles. The van der Waals surface area contributed by atoms with Crippen molar-refractivity contribution in [3.8, 4) is 0 Å². The van der Waals surface area contributed by atoms with Gasteiger partial charge in [0.1, 0.15) is 31.0 Å². The minimum absolute atomic E-state index is 0.116. The number of aliphatic hydroxyl groups is 5. The Labute approximate surface area is 407 Å². The Morgan fingerprint density at radius 3 is 1.16 bits per heavy atom. The van der Waals surface area contributed by atoms with Crippen LogP contribution in [0.4, 0.5) is 0 Å². The maximum absolute atomic E-state index is 12.8. The number of phosphoric acid groups is 1. The van der Waals surface area contributed by atoms with E-state index in [1.807, 2.05) is 0 Å². The van der Waals surface area contributed by atoms with Gasteiger partial charge in [0.2, 0.25) is 0 Å². The average molecular weight is 977 g/mol. The van der Waals surface area contributed by atoms with Gasteiger partial charge in [-0.2, -0.15) is 0 Å². The number of esters is 2. The maximum Gasteiger partial charge on any atom is 0.472 e. The lowest BCUT2D eigenvalue weighted by Crippen LogP contribution is -2.47. The van der Waals surface area contributed by atoms with E-state index in [1.54, 1.807) is 0 Å². The third-order valence-corrected chi connectivity index (χ3v) is 13.1. The fourth-order valence-electron chi connectivity index (χ4n) is 7.76. The molecule has 0 amide bonds. The van der Waals surface area contributed by atoms with E-state index in [9.17, 15) is 39.5 Å². The lowest BCUT2D eigenvalue weighted by molar-refractivity contribution is -0.161. The summed E-state index contributed by atoms with van der Waals surface area (Å²) in [5, 5.41) is 48.3. The van der Waals surface area contributed by atoms with Gasteiger partial charge in [0, 0.05) is 12.8 Å². The van der Waals surface area contributed by atoms with Gasteiger partial charge in [-0.25, -0.2) is 4.57 Å². The molecule has 67 heavy (non-hydrogen) atoms. The normalized spacial score (nSPS) is 15.2. The van der Waals surface area contributed by atoms with E-state index in [0.717, 1.165) is 57.8 Å². The van der Waals surface area contributed by atoms with E-state index in [0.29, 0.717) is 12.8 Å². The number of rotatable bonds is 51. The van der Waals surface area contributed by atoms with Crippen molar-refractivity contribution >= 4 is 19.8 Å². The highest BCUT2D eigenvalue weighted by Crippen LogP contribution is 2.43. The van der Waals surface area contributed by atoms with Crippen molar-refractivity contribution in [1.82, 2.24) is 0 Å². The highest BCUT2D eigenvalue weighted by Gasteiger charge is 2.33. The molecule has 14 heteroatoms. The Morgan fingerprint density at radius 2 is 0.776 bits per heavy atom. The Morgan fingerprint density at radius 1 is 0.448 bits per heavy atom. The van der Waals surface area contributed by atoms with Crippen molar-refractivity contribution in [2.75, 3.05) is 26.4 Å². The molecule has 6 atom stereocenters. The minimum atomic E-state index is -4.90. The summed E-state index contributed by atoms with van der Waals surface area (Å²) in [6, 6.07) is 0. The van der Waals surface area contributed by atoms with Crippen molar-refractivity contribution in [2.45, 2.75) is 276 Å². The molecule has 0 aliphatic carbocycles. The second-order valence-corrected chi connectivity index (χ2v) is 20.1. The van der Waals surface area contributed by atoms with Crippen LogP contribution in [0.25, 0.3) is 0 Å². The Bertz CT molecular complexity index is 1220. The third-order valence-electron chi connectivity index (χ3n) is 12.2. The molecule has 6 N–H and O–H groups in total. The Kier molecular flexibility index (Phi) is 46.8. The predicted molar refractivity (Wildman–Crippen MR) is 270 cm³/mol. The molecule has 0 heterocycles. The SMILES string of the molecule is CCCCCCCCCC=CCCCCCCCCCCC(=O)OC[C@H](COP(=O)(O)OC[C@@H](O)[C@@H](O)[C@H](O)[C@H](O)CO)OC(=O)CCCCCCCCCCC=CCCCCCCCCC. The third kappa shape index (κ3) is 44.0. The maximum atomic E-state index is 12.8. The number of ether oxygens (including phenoxy) is 2. The first-order chi connectivity index (χ1) is 32.5. The molecule has 0 aromatic rings. The monoisotopic (exact) mass is 977 g/mol. The van der Waals surface area contributed by atoms with E-state index in [1.165, 1.54) is 148 Å². The molecule has 0 aliphatic rings. The van der Waals surface area contributed by atoms with Crippen LogP contribution in [0.1, 0.15) is 245 Å². The van der Waals surface area contributed by atoms with Gasteiger partial charge in [-0.15, -0.1) is 0 Å². The minimum Gasteiger partial charge on any atom is -0.462 e. The van der Waals surface area contributed by atoms with Crippen LogP contribution in [0.15, 0.2) is 24.3 Å². The highest BCUT2D eigenvalue weighted by molar-refractivity contribution is 7.47. The van der Waals surface area contributed by atoms with E-state index < -0.39 is 76.7 Å². The first-order valence-electron chi connectivity index (χ1n) is 27.1. The molecular weight excluding hydrogens is 876 g/mol. The van der Waals surface area contributed by atoms with Crippen LogP contribution in [0.3, 0.4) is 0 Å². The van der Waals surface area contributed by atoms with Crippen molar-refractivity contribution < 1.29 is 63.1 Å². The number of unbranched alkanes of at least 4 members (excludes halogenated alkanes) is 30. The van der Waals surface area contributed by atoms with Crippen LogP contribution in [0.2, 0.25) is 0 Å². The summed E-state index contributed by atoms with van der Waals surface area (Å²) in [5.74, 6) is -1.05. The molecule has 0 spiro atoms. The zero-order valence-corrected chi connectivity index (χ0v) is 43.4. The topological polar surface area (TPSA) is 210 Å². The molecule has 0 aromatic heterocycles. The quantitative estimate of drug-likeness (QED) is 0.0145. The molecule has 396 valence electrons. The number of phosphoric ester groups is 1. The fraction of sp³-hybridized carbons (Fsp3) is 0.887. The van der Waals surface area contributed by atoms with Crippen molar-refractivity contribution in [1.29, 1.82) is 0 Å². The first-order valence-corrected chi connectivity index (χ1v) is 28.6. The molecule has 0 aliphatic heterocycles. The smallest absolute Gasteiger partial charge is 0.462 e. The van der Waals surface area contributed by atoms with Crippen LogP contribution in [0, 0.1) is 0 Å². The number of hydrogen-bond donors (Lipinski definition) is 6. The van der Waals surface area contributed by atoms with Crippen LogP contribution in [0.5, 0.6) is 0 Å². The Hall–Kier alpha value is -1.67. The second-order valence-electron chi connectivity index (χ2n) is 18.7. The summed E-state index contributed by atoms with van der Waals surface area (Å²) < 4.78 is 33.2. The fourth-order valence-corrected chi connectivity index (χ4v) is 8.53. The van der Waals surface area contributed by atoms with Crippen LogP contribution >= 0.6 is 7.82 Å². The number of carbonyl (C=O) groups excluding carboxylic acids is 2. The van der Waals surface area contributed by atoms with Gasteiger partial charge < -0.3 is 39.9 Å². The number of carbonyl (C=O) groups is 2. The molecule has 0 radical (unpaired) electrons. The van der Waals surface area contributed by atoms with E-state index in [-0.39, 0.29) is 12.8 Å². The standard InChI is InChI=1S/C53H101O13P/c1-3-5-7-9-11-13-15-17-19-21-23-25-27-29-31-33-35-37-39-41-50(57)63-44-47(45-64-67(61,62)65-46-49(56)53(60)52(59)48(55)43-54)66-51(58)42-40-38-36-34-32-30-28-26-24-22-20-18-16-14-12-10-8-6-4-2/h19-22,47-49,52-56,59-60H,3-18,23-46H2,1-2H3,(H,61,62)/t47-,48-,49-,52-,53-/m1/s1. The van der Waals surface area contributed by atoms with Crippen molar-refractivity contribution in [3.63, 3.8) is 0 Å². The van der Waals surface area contributed by atoms with E-state index >= 15 is 0 Å². The highest BCUT2D eigenvalue weighted by atomic mass is 31.2. The molecule has 13 nitrogen and oxygen atoms in total. The van der Waals surface area contributed by atoms with Gasteiger partial charge in [-0.1, -0.05) is 192 Å². The van der Waals surface area contributed by atoms with Gasteiger partial charge in [0.25, 0.3) is 0 Å². The van der Waals surface area contributed by atoms with E-state index in [2.05, 4.69) is 38.2 Å². The molecular formula is C53H101O13P. The van der Waals surface area contributed by atoms with Crippen molar-refractivity contribution in [3.05, 3.63) is 24.3 Å². The number of aliphatic hydroxyl groups excluding tert-OH is 5. The number of hydrogen-bond acceptors (Lipinski definition) is 12. The number of allylic oxidation sites excluding steroid dienone is 4. The molecule has 0 saturated carbocycles. The summed E-state index contributed by atoms with van der Waals surface area (Å²) in [7, 11) is -4.90. The Balaban J connectivity index is 4.51. The van der Waals surface area contributed by atoms with Crippen LogP contribution < -0.4 is 0 Å². The van der Waals surface area contributed by atoms with Gasteiger partial charge in [-0.05, 0) is 64.2 Å². The van der Waals surface area contributed by atoms with Crippen LogP contribution in [-0.2, 0) is 32.7 Å². The predicted octanol–water partition coefficient (Wildman–Crippen LogP) is 12.2.